The molecule has 6 heteroatoms. The molecular weight excluding hydrogens is 330 g/mol. The number of aliphatic hydroxyl groups is 1. The Bertz CT molecular complexity index is 749. The van der Waals surface area contributed by atoms with Crippen LogP contribution in [0.25, 0.3) is 0 Å². The summed E-state index contributed by atoms with van der Waals surface area (Å²) in [4.78, 5) is 25.4. The van der Waals surface area contributed by atoms with E-state index in [0.717, 1.165) is 5.56 Å². The van der Waals surface area contributed by atoms with Crippen LogP contribution in [0.1, 0.15) is 25.5 Å². The molecule has 6 nitrogen and oxygen atoms in total. The van der Waals surface area contributed by atoms with E-state index in [-0.39, 0.29) is 24.4 Å². The van der Waals surface area contributed by atoms with Crippen molar-refractivity contribution in [2.75, 3.05) is 24.2 Å². The molecule has 26 heavy (non-hydrogen) atoms. The molecule has 2 amide bonds. The maximum absolute atomic E-state index is 12.4. The van der Waals surface area contributed by atoms with Crippen molar-refractivity contribution in [3.05, 3.63) is 60.2 Å². The van der Waals surface area contributed by atoms with Crippen LogP contribution >= 0.6 is 0 Å². The fraction of sp³-hybridized carbons (Fsp3) is 0.300. The van der Waals surface area contributed by atoms with Crippen LogP contribution in [0, 0.1) is 0 Å². The van der Waals surface area contributed by atoms with E-state index in [1.807, 2.05) is 37.3 Å². The maximum Gasteiger partial charge on any atom is 0.238 e. The highest BCUT2D eigenvalue weighted by atomic mass is 16.3. The van der Waals surface area contributed by atoms with E-state index in [1.165, 1.54) is 6.92 Å². The molecule has 0 saturated carbocycles. The molecule has 0 saturated heterocycles. The van der Waals surface area contributed by atoms with E-state index in [9.17, 15) is 14.7 Å². The summed E-state index contributed by atoms with van der Waals surface area (Å²) in [6.45, 7) is 3.40. The summed E-state index contributed by atoms with van der Waals surface area (Å²) in [6, 6.07) is 16.1. The zero-order chi connectivity index (χ0) is 19.1. The molecule has 0 aromatic heterocycles. The van der Waals surface area contributed by atoms with Crippen LogP contribution in [0.2, 0.25) is 0 Å². The Morgan fingerprint density at radius 1 is 1.00 bits per heavy atom. The number of para-hydroxylation sites is 2. The number of rotatable bonds is 7. The van der Waals surface area contributed by atoms with Gasteiger partial charge in [-0.2, -0.15) is 0 Å². The highest BCUT2D eigenvalue weighted by Gasteiger charge is 2.22. The van der Waals surface area contributed by atoms with Crippen molar-refractivity contribution in [3.63, 3.8) is 0 Å². The SMILES string of the molecule is CC(=O)Nc1ccccc1NC(=O)CN(C)C(C)C(O)c1ccccc1. The highest BCUT2D eigenvalue weighted by Crippen LogP contribution is 2.22. The maximum atomic E-state index is 12.4. The number of anilines is 2. The lowest BCUT2D eigenvalue weighted by molar-refractivity contribution is -0.118. The molecule has 2 unspecified atom stereocenters. The Morgan fingerprint density at radius 2 is 1.54 bits per heavy atom. The highest BCUT2D eigenvalue weighted by molar-refractivity contribution is 5.99. The van der Waals surface area contributed by atoms with E-state index in [2.05, 4.69) is 10.6 Å². The molecule has 0 aliphatic rings. The second kappa shape index (κ2) is 9.12. The summed E-state index contributed by atoms with van der Waals surface area (Å²) in [5, 5.41) is 16.0. The normalized spacial score (nSPS) is 13.1. The number of nitrogens with one attached hydrogen (secondary N) is 2. The van der Waals surface area contributed by atoms with E-state index >= 15 is 0 Å². The first-order valence-electron chi connectivity index (χ1n) is 8.48. The average molecular weight is 355 g/mol. The van der Waals surface area contributed by atoms with Crippen LogP contribution in [-0.2, 0) is 9.59 Å². The summed E-state index contributed by atoms with van der Waals surface area (Å²) in [7, 11) is 1.79. The predicted octanol–water partition coefficient (Wildman–Crippen LogP) is 2.64. The summed E-state index contributed by atoms with van der Waals surface area (Å²) in [6.07, 6.45) is -0.694. The number of carbonyl (C=O) groups excluding carboxylic acids is 2. The lowest BCUT2D eigenvalue weighted by Crippen LogP contribution is -2.39. The Morgan fingerprint density at radius 3 is 2.12 bits per heavy atom. The first-order valence-corrected chi connectivity index (χ1v) is 8.48. The minimum absolute atomic E-state index is 0.111. The number of likely N-dealkylation sites (N-methyl/N-ethyl adjacent to an activating group) is 1. The van der Waals surface area contributed by atoms with Gasteiger partial charge in [0, 0.05) is 13.0 Å². The van der Waals surface area contributed by atoms with Crippen LogP contribution < -0.4 is 10.6 Å². The molecular formula is C20H25N3O3. The van der Waals surface area contributed by atoms with E-state index in [4.69, 9.17) is 0 Å². The molecule has 0 aliphatic carbocycles. The number of carbonyl (C=O) groups is 2. The topological polar surface area (TPSA) is 81.7 Å². The molecule has 2 aromatic rings. The fourth-order valence-corrected chi connectivity index (χ4v) is 2.62. The Kier molecular flexibility index (Phi) is 6.89. The Balaban J connectivity index is 1.98. The van der Waals surface area contributed by atoms with Gasteiger partial charge in [0.1, 0.15) is 0 Å². The van der Waals surface area contributed by atoms with Gasteiger partial charge in [-0.15, -0.1) is 0 Å². The molecule has 138 valence electrons. The number of hydrogen-bond donors (Lipinski definition) is 3. The van der Waals surface area contributed by atoms with Gasteiger partial charge in [-0.05, 0) is 31.7 Å². The van der Waals surface area contributed by atoms with Gasteiger partial charge in [0.2, 0.25) is 11.8 Å². The van der Waals surface area contributed by atoms with Gasteiger partial charge in [-0.25, -0.2) is 0 Å². The minimum Gasteiger partial charge on any atom is -0.387 e. The number of amides is 2. The smallest absolute Gasteiger partial charge is 0.238 e. The van der Waals surface area contributed by atoms with Crippen molar-refractivity contribution in [1.82, 2.24) is 4.90 Å². The number of aliphatic hydroxyl groups excluding tert-OH is 1. The van der Waals surface area contributed by atoms with Crippen molar-refractivity contribution in [3.8, 4) is 0 Å². The third-order valence-corrected chi connectivity index (χ3v) is 4.20. The van der Waals surface area contributed by atoms with Crippen molar-refractivity contribution < 1.29 is 14.7 Å². The molecule has 2 aromatic carbocycles. The van der Waals surface area contributed by atoms with Crippen LogP contribution in [0.15, 0.2) is 54.6 Å². The molecule has 0 radical (unpaired) electrons. The molecule has 0 heterocycles. The van der Waals surface area contributed by atoms with Crippen molar-refractivity contribution in [2.24, 2.45) is 0 Å². The second-order valence-corrected chi connectivity index (χ2v) is 6.29. The quantitative estimate of drug-likeness (QED) is 0.713. The third-order valence-electron chi connectivity index (χ3n) is 4.20. The van der Waals surface area contributed by atoms with Crippen LogP contribution in [0.4, 0.5) is 11.4 Å². The molecule has 0 bridgehead atoms. The fourth-order valence-electron chi connectivity index (χ4n) is 2.62. The van der Waals surface area contributed by atoms with E-state index in [0.29, 0.717) is 11.4 Å². The summed E-state index contributed by atoms with van der Waals surface area (Å²) >= 11 is 0. The van der Waals surface area contributed by atoms with Gasteiger partial charge in [0.25, 0.3) is 0 Å². The van der Waals surface area contributed by atoms with Crippen LogP contribution in [0.3, 0.4) is 0 Å². The zero-order valence-corrected chi connectivity index (χ0v) is 15.3. The van der Waals surface area contributed by atoms with Gasteiger partial charge in [0.15, 0.2) is 0 Å². The van der Waals surface area contributed by atoms with Gasteiger partial charge >= 0.3 is 0 Å². The lowest BCUT2D eigenvalue weighted by Gasteiger charge is -2.28. The van der Waals surface area contributed by atoms with Crippen molar-refractivity contribution >= 4 is 23.2 Å². The summed E-state index contributed by atoms with van der Waals surface area (Å²) in [5.41, 5.74) is 1.90. The lowest BCUT2D eigenvalue weighted by atomic mass is 10.0. The standard InChI is InChI=1S/C20H25N3O3/c1-14(20(26)16-9-5-4-6-10-16)23(3)13-19(25)22-18-12-8-7-11-17(18)21-15(2)24/h4-12,14,20,26H,13H2,1-3H3,(H,21,24)(H,22,25). The molecule has 2 rings (SSSR count). The number of benzene rings is 2. The van der Waals surface area contributed by atoms with Gasteiger partial charge in [-0.1, -0.05) is 42.5 Å². The van der Waals surface area contributed by atoms with Gasteiger partial charge in [-0.3, -0.25) is 14.5 Å². The zero-order valence-electron chi connectivity index (χ0n) is 15.3. The summed E-state index contributed by atoms with van der Waals surface area (Å²) in [5.74, 6) is -0.430. The van der Waals surface area contributed by atoms with E-state index < -0.39 is 6.10 Å². The summed E-state index contributed by atoms with van der Waals surface area (Å²) < 4.78 is 0. The first kappa shape index (κ1) is 19.6. The third kappa shape index (κ3) is 5.40. The van der Waals surface area contributed by atoms with Gasteiger partial charge < -0.3 is 15.7 Å². The molecule has 0 fully saturated rings. The number of hydrogen-bond acceptors (Lipinski definition) is 4. The minimum atomic E-state index is -0.694. The van der Waals surface area contributed by atoms with Crippen molar-refractivity contribution in [2.45, 2.75) is 26.0 Å². The monoisotopic (exact) mass is 355 g/mol. The van der Waals surface area contributed by atoms with Crippen molar-refractivity contribution in [1.29, 1.82) is 0 Å². The molecule has 3 N–H and O–H groups in total. The Labute approximate surface area is 153 Å². The van der Waals surface area contributed by atoms with E-state index in [1.54, 1.807) is 36.2 Å². The first-order chi connectivity index (χ1) is 12.4. The molecule has 0 spiro atoms. The van der Waals surface area contributed by atoms with Crippen LogP contribution in [0.5, 0.6) is 0 Å². The van der Waals surface area contributed by atoms with Gasteiger partial charge in [0.05, 0.1) is 24.0 Å². The average Bonchev–Trinajstić information content (AvgIpc) is 2.62. The second-order valence-electron chi connectivity index (χ2n) is 6.29. The molecule has 0 aliphatic heterocycles. The predicted molar refractivity (Wildman–Crippen MR) is 103 cm³/mol. The largest absolute Gasteiger partial charge is 0.387 e. The Hall–Kier alpha value is -2.70. The van der Waals surface area contributed by atoms with Crippen LogP contribution in [-0.4, -0.2) is 41.5 Å². The number of nitrogens with zero attached hydrogens (tertiary/aromatic N) is 1. The molecule has 2 atom stereocenters.